The predicted octanol–water partition coefficient (Wildman–Crippen LogP) is 3.02. The molecule has 0 aliphatic heterocycles. The molecular weight excluding hydrogens is 226 g/mol. The molecular formula is C15H17NO2. The molecule has 0 fully saturated rings. The summed E-state index contributed by atoms with van der Waals surface area (Å²) in [6.45, 7) is 4.16. The average Bonchev–Trinajstić information content (AvgIpc) is 2.38. The number of hydrogen-bond acceptors (Lipinski definition) is 3. The molecule has 1 N–H and O–H groups in total. The van der Waals surface area contributed by atoms with E-state index < -0.39 is 6.10 Å². The number of aryl methyl sites for hydroxylation is 1. The Morgan fingerprint density at radius 1 is 1.28 bits per heavy atom. The second-order valence-electron chi connectivity index (χ2n) is 4.34. The van der Waals surface area contributed by atoms with E-state index in [2.05, 4.69) is 4.98 Å². The fourth-order valence-electron chi connectivity index (χ4n) is 1.69. The molecule has 2 rings (SSSR count). The summed E-state index contributed by atoms with van der Waals surface area (Å²) in [6.07, 6.45) is 1.15. The van der Waals surface area contributed by atoms with Crippen LogP contribution in [0.4, 0.5) is 0 Å². The van der Waals surface area contributed by atoms with Gasteiger partial charge in [0.2, 0.25) is 5.88 Å². The van der Waals surface area contributed by atoms with Crippen molar-refractivity contribution in [1.29, 1.82) is 0 Å². The summed E-state index contributed by atoms with van der Waals surface area (Å²) in [5.74, 6) is 0.614. The summed E-state index contributed by atoms with van der Waals surface area (Å²) in [7, 11) is 0. The summed E-state index contributed by atoms with van der Waals surface area (Å²) in [4.78, 5) is 4.23. The van der Waals surface area contributed by atoms with Crippen molar-refractivity contribution in [3.63, 3.8) is 0 Å². The molecule has 0 spiro atoms. The molecule has 0 radical (unpaired) electrons. The van der Waals surface area contributed by atoms with Gasteiger partial charge in [0, 0.05) is 11.8 Å². The Hall–Kier alpha value is -1.87. The highest BCUT2D eigenvalue weighted by molar-refractivity contribution is 5.29. The molecule has 0 aliphatic carbocycles. The van der Waals surface area contributed by atoms with Gasteiger partial charge in [-0.2, -0.15) is 0 Å². The van der Waals surface area contributed by atoms with Crippen LogP contribution in [0.2, 0.25) is 0 Å². The zero-order valence-electron chi connectivity index (χ0n) is 10.6. The molecule has 94 valence electrons. The van der Waals surface area contributed by atoms with E-state index in [1.54, 1.807) is 13.1 Å². The lowest BCUT2D eigenvalue weighted by Gasteiger charge is -2.10. The van der Waals surface area contributed by atoms with Crippen molar-refractivity contribution < 1.29 is 9.84 Å². The maximum absolute atomic E-state index is 9.47. The van der Waals surface area contributed by atoms with Crippen LogP contribution in [0.15, 0.2) is 42.6 Å². The molecule has 0 saturated carbocycles. The van der Waals surface area contributed by atoms with Crippen LogP contribution in [-0.4, -0.2) is 10.1 Å². The van der Waals surface area contributed by atoms with Gasteiger partial charge in [-0.15, -0.1) is 0 Å². The Bertz CT molecular complexity index is 509. The number of aliphatic hydroxyl groups is 1. The van der Waals surface area contributed by atoms with Crippen molar-refractivity contribution in [3.8, 4) is 5.88 Å². The van der Waals surface area contributed by atoms with Crippen LogP contribution in [-0.2, 0) is 6.61 Å². The first kappa shape index (κ1) is 12.6. The third-order valence-electron chi connectivity index (χ3n) is 2.75. The lowest BCUT2D eigenvalue weighted by molar-refractivity contribution is 0.198. The lowest BCUT2D eigenvalue weighted by Crippen LogP contribution is -2.01. The number of ether oxygens (including phenoxy) is 1. The van der Waals surface area contributed by atoms with Crippen LogP contribution < -0.4 is 4.74 Å². The SMILES string of the molecule is Cc1cc([C@H](C)O)cnc1OCc1ccccc1. The molecule has 0 aliphatic rings. The molecule has 2 aromatic rings. The summed E-state index contributed by atoms with van der Waals surface area (Å²) in [5.41, 5.74) is 2.85. The summed E-state index contributed by atoms with van der Waals surface area (Å²) >= 11 is 0. The molecule has 3 nitrogen and oxygen atoms in total. The molecule has 0 saturated heterocycles. The van der Waals surface area contributed by atoms with Crippen LogP contribution in [0.1, 0.15) is 29.7 Å². The van der Waals surface area contributed by atoms with Crippen LogP contribution in [0.25, 0.3) is 0 Å². The van der Waals surface area contributed by atoms with Gasteiger partial charge in [0.15, 0.2) is 0 Å². The van der Waals surface area contributed by atoms with Crippen molar-refractivity contribution in [1.82, 2.24) is 4.98 Å². The molecule has 3 heteroatoms. The van der Waals surface area contributed by atoms with E-state index in [-0.39, 0.29) is 0 Å². The van der Waals surface area contributed by atoms with Gasteiger partial charge in [-0.25, -0.2) is 4.98 Å². The molecule has 0 bridgehead atoms. The third kappa shape index (κ3) is 3.08. The number of rotatable bonds is 4. The highest BCUT2D eigenvalue weighted by Gasteiger charge is 2.06. The molecule has 0 amide bonds. The Balaban J connectivity index is 2.06. The standard InChI is InChI=1S/C15H17NO2/c1-11-8-14(12(2)17)9-16-15(11)18-10-13-6-4-3-5-7-13/h3-9,12,17H,10H2,1-2H3/t12-/m0/s1. The fourth-order valence-corrected chi connectivity index (χ4v) is 1.69. The number of nitrogens with zero attached hydrogens (tertiary/aromatic N) is 1. The van der Waals surface area contributed by atoms with Crippen LogP contribution in [0.3, 0.4) is 0 Å². The first-order chi connectivity index (χ1) is 8.66. The molecule has 1 heterocycles. The van der Waals surface area contributed by atoms with E-state index in [0.717, 1.165) is 16.7 Å². The molecule has 1 aromatic carbocycles. The van der Waals surface area contributed by atoms with Gasteiger partial charge in [0.1, 0.15) is 6.61 Å². The van der Waals surface area contributed by atoms with Gasteiger partial charge in [-0.1, -0.05) is 30.3 Å². The van der Waals surface area contributed by atoms with E-state index in [1.165, 1.54) is 0 Å². The highest BCUT2D eigenvalue weighted by atomic mass is 16.5. The van der Waals surface area contributed by atoms with Crippen LogP contribution in [0, 0.1) is 6.92 Å². The van der Waals surface area contributed by atoms with E-state index in [1.807, 2.05) is 43.3 Å². The predicted molar refractivity (Wildman–Crippen MR) is 70.4 cm³/mol. The Labute approximate surface area is 107 Å². The second kappa shape index (κ2) is 5.65. The number of aliphatic hydroxyl groups excluding tert-OH is 1. The van der Waals surface area contributed by atoms with Gasteiger partial charge in [-0.3, -0.25) is 0 Å². The largest absolute Gasteiger partial charge is 0.473 e. The zero-order chi connectivity index (χ0) is 13.0. The van der Waals surface area contributed by atoms with Crippen molar-refractivity contribution in [2.45, 2.75) is 26.6 Å². The van der Waals surface area contributed by atoms with E-state index >= 15 is 0 Å². The summed E-state index contributed by atoms with van der Waals surface area (Å²) < 4.78 is 5.66. The quantitative estimate of drug-likeness (QED) is 0.897. The highest BCUT2D eigenvalue weighted by Crippen LogP contribution is 2.20. The van der Waals surface area contributed by atoms with Gasteiger partial charge >= 0.3 is 0 Å². The van der Waals surface area contributed by atoms with E-state index in [9.17, 15) is 5.11 Å². The third-order valence-corrected chi connectivity index (χ3v) is 2.75. The van der Waals surface area contributed by atoms with Crippen LogP contribution in [0.5, 0.6) is 5.88 Å². The minimum absolute atomic E-state index is 0.501. The van der Waals surface area contributed by atoms with Gasteiger partial charge in [0.05, 0.1) is 6.10 Å². The summed E-state index contributed by atoms with van der Waals surface area (Å²) in [6, 6.07) is 11.9. The maximum Gasteiger partial charge on any atom is 0.216 e. The van der Waals surface area contributed by atoms with Crippen molar-refractivity contribution >= 4 is 0 Å². The number of aromatic nitrogens is 1. The van der Waals surface area contributed by atoms with E-state index in [0.29, 0.717) is 12.5 Å². The normalized spacial score (nSPS) is 12.2. The van der Waals surface area contributed by atoms with Gasteiger partial charge < -0.3 is 9.84 Å². The van der Waals surface area contributed by atoms with E-state index in [4.69, 9.17) is 4.74 Å². The maximum atomic E-state index is 9.47. The lowest BCUT2D eigenvalue weighted by atomic mass is 10.1. The molecule has 1 atom stereocenters. The van der Waals surface area contributed by atoms with Gasteiger partial charge in [-0.05, 0) is 31.0 Å². The summed E-state index contributed by atoms with van der Waals surface area (Å²) in [5, 5.41) is 9.47. The second-order valence-corrected chi connectivity index (χ2v) is 4.34. The first-order valence-corrected chi connectivity index (χ1v) is 5.98. The average molecular weight is 243 g/mol. The fraction of sp³-hybridized carbons (Fsp3) is 0.267. The smallest absolute Gasteiger partial charge is 0.216 e. The first-order valence-electron chi connectivity index (χ1n) is 5.98. The molecule has 1 aromatic heterocycles. The Kier molecular flexibility index (Phi) is 3.95. The minimum atomic E-state index is -0.501. The number of benzene rings is 1. The number of pyridine rings is 1. The minimum Gasteiger partial charge on any atom is -0.473 e. The van der Waals surface area contributed by atoms with Crippen molar-refractivity contribution in [2.75, 3.05) is 0 Å². The monoisotopic (exact) mass is 243 g/mol. The Morgan fingerprint density at radius 3 is 2.61 bits per heavy atom. The van der Waals surface area contributed by atoms with Gasteiger partial charge in [0.25, 0.3) is 0 Å². The van der Waals surface area contributed by atoms with Crippen molar-refractivity contribution in [2.24, 2.45) is 0 Å². The molecule has 0 unspecified atom stereocenters. The molecule has 18 heavy (non-hydrogen) atoms. The topological polar surface area (TPSA) is 42.4 Å². The Morgan fingerprint density at radius 2 is 2.00 bits per heavy atom. The van der Waals surface area contributed by atoms with Crippen LogP contribution >= 0.6 is 0 Å². The number of hydrogen-bond donors (Lipinski definition) is 1. The zero-order valence-corrected chi connectivity index (χ0v) is 10.6. The van der Waals surface area contributed by atoms with Crippen molar-refractivity contribution in [3.05, 3.63) is 59.3 Å².